The van der Waals surface area contributed by atoms with Crippen molar-refractivity contribution in [3.63, 3.8) is 0 Å². The first-order valence-corrected chi connectivity index (χ1v) is 13.0. The zero-order valence-corrected chi connectivity index (χ0v) is 21.4. The van der Waals surface area contributed by atoms with Crippen LogP contribution >= 0.6 is 0 Å². The smallest absolute Gasteiger partial charge is 0.0461 e. The van der Waals surface area contributed by atoms with Gasteiger partial charge in [0.05, 0.1) is 0 Å². The minimum absolute atomic E-state index is 1.10. The molecule has 184 valence electrons. The average molecular weight is 490 g/mol. The first-order chi connectivity index (χ1) is 18.9. The van der Waals surface area contributed by atoms with Crippen LogP contribution in [0, 0.1) is 0 Å². The summed E-state index contributed by atoms with van der Waals surface area (Å²) in [6.07, 6.45) is 1.10. The Bertz CT molecular complexity index is 1350. The van der Waals surface area contributed by atoms with Crippen LogP contribution in [0.1, 0.15) is 11.1 Å². The van der Waals surface area contributed by atoms with Crippen molar-refractivity contribution < 1.29 is 0 Å². The fourth-order valence-electron chi connectivity index (χ4n) is 4.64. The van der Waals surface area contributed by atoms with E-state index in [9.17, 15) is 0 Å². The van der Waals surface area contributed by atoms with Crippen LogP contribution in [0.4, 0.5) is 17.1 Å². The van der Waals surface area contributed by atoms with Gasteiger partial charge in [0.25, 0.3) is 0 Å². The summed E-state index contributed by atoms with van der Waals surface area (Å²) in [5.74, 6) is 0. The number of rotatable bonds is 3. The normalized spacial score (nSPS) is 10.5. The van der Waals surface area contributed by atoms with E-state index in [4.69, 9.17) is 0 Å². The van der Waals surface area contributed by atoms with E-state index in [0.717, 1.165) is 6.42 Å². The Labute approximate surface area is 226 Å². The summed E-state index contributed by atoms with van der Waals surface area (Å²) >= 11 is 0. The molecular formula is C37H31N. The molecule has 0 saturated heterocycles. The van der Waals surface area contributed by atoms with E-state index < -0.39 is 0 Å². The van der Waals surface area contributed by atoms with Gasteiger partial charge in [0, 0.05) is 17.1 Å². The number of para-hydroxylation sites is 3. The Morgan fingerprint density at radius 1 is 0.289 bits per heavy atom. The Balaban J connectivity index is 0.000000132. The maximum atomic E-state index is 2.25. The lowest BCUT2D eigenvalue weighted by atomic mass is 10.1. The fourth-order valence-corrected chi connectivity index (χ4v) is 4.64. The Morgan fingerprint density at radius 2 is 0.553 bits per heavy atom. The summed E-state index contributed by atoms with van der Waals surface area (Å²) in [5.41, 5.74) is 9.25. The largest absolute Gasteiger partial charge is 0.311 e. The van der Waals surface area contributed by atoms with Gasteiger partial charge in [0.2, 0.25) is 0 Å². The summed E-state index contributed by atoms with van der Waals surface area (Å²) in [6, 6.07) is 60.6. The number of fused-ring (bicyclic) bond motifs is 3. The SMILES string of the molecule is c1ccc(N(c2ccccc2)c2ccccc2)cc1.c1ccc2c(c1)Cc1ccccc1-2.c1ccccc1. The molecule has 0 atom stereocenters. The van der Waals surface area contributed by atoms with Crippen molar-refractivity contribution in [3.8, 4) is 11.1 Å². The Morgan fingerprint density at radius 3 is 0.895 bits per heavy atom. The zero-order valence-electron chi connectivity index (χ0n) is 21.4. The Kier molecular flexibility index (Phi) is 8.41. The lowest BCUT2D eigenvalue weighted by Gasteiger charge is -2.25. The molecule has 0 heterocycles. The molecule has 7 rings (SSSR count). The molecule has 38 heavy (non-hydrogen) atoms. The Hall–Kier alpha value is -4.88. The van der Waals surface area contributed by atoms with Crippen LogP contribution < -0.4 is 4.90 Å². The van der Waals surface area contributed by atoms with Crippen molar-refractivity contribution in [3.05, 3.63) is 187 Å². The number of anilines is 3. The quantitative estimate of drug-likeness (QED) is 0.239. The van der Waals surface area contributed by atoms with E-state index in [2.05, 4.69) is 126 Å². The molecule has 0 fully saturated rings. The maximum absolute atomic E-state index is 2.25. The van der Waals surface area contributed by atoms with Crippen molar-refractivity contribution in [2.75, 3.05) is 4.90 Å². The van der Waals surface area contributed by atoms with Crippen molar-refractivity contribution in [1.29, 1.82) is 0 Å². The van der Waals surface area contributed by atoms with Gasteiger partial charge in [-0.25, -0.2) is 0 Å². The van der Waals surface area contributed by atoms with Gasteiger partial charge >= 0.3 is 0 Å². The van der Waals surface area contributed by atoms with Crippen LogP contribution in [0.25, 0.3) is 11.1 Å². The molecule has 0 spiro atoms. The van der Waals surface area contributed by atoms with Gasteiger partial charge in [0.15, 0.2) is 0 Å². The number of hydrogen-bond acceptors (Lipinski definition) is 1. The highest BCUT2D eigenvalue weighted by Crippen LogP contribution is 2.36. The van der Waals surface area contributed by atoms with Crippen molar-refractivity contribution >= 4 is 17.1 Å². The second-order valence-corrected chi connectivity index (χ2v) is 8.99. The molecule has 0 unspecified atom stereocenters. The first kappa shape index (κ1) is 24.8. The zero-order chi connectivity index (χ0) is 25.8. The molecule has 0 aliphatic heterocycles. The fraction of sp³-hybridized carbons (Fsp3) is 0.0270. The van der Waals surface area contributed by atoms with Crippen LogP contribution in [-0.4, -0.2) is 0 Å². The standard InChI is InChI=1S/C18H15N.C13H10.C6H6/c1-4-10-16(11-5-1)19(17-12-6-2-7-13-17)18-14-8-3-9-15-18;1-3-7-12-10(5-1)9-11-6-2-4-8-13(11)12;1-2-4-6-5-3-1/h1-15H;1-8H,9H2;1-6H. The number of benzene rings is 6. The molecule has 1 heteroatoms. The maximum Gasteiger partial charge on any atom is 0.0461 e. The molecule has 6 aromatic rings. The monoisotopic (exact) mass is 489 g/mol. The molecule has 0 amide bonds. The van der Waals surface area contributed by atoms with Crippen LogP contribution in [-0.2, 0) is 6.42 Å². The predicted octanol–water partition coefficient (Wildman–Crippen LogP) is 10.1. The molecule has 0 bridgehead atoms. The molecule has 1 aliphatic rings. The van der Waals surface area contributed by atoms with Gasteiger partial charge < -0.3 is 4.90 Å². The van der Waals surface area contributed by atoms with Crippen LogP contribution in [0.5, 0.6) is 0 Å². The molecule has 1 nitrogen and oxygen atoms in total. The van der Waals surface area contributed by atoms with Crippen LogP contribution in [0.15, 0.2) is 176 Å². The molecule has 0 aromatic heterocycles. The second kappa shape index (κ2) is 12.9. The first-order valence-electron chi connectivity index (χ1n) is 13.0. The van der Waals surface area contributed by atoms with Gasteiger partial charge in [-0.1, -0.05) is 140 Å². The third kappa shape index (κ3) is 6.27. The van der Waals surface area contributed by atoms with E-state index in [-0.39, 0.29) is 0 Å². The minimum atomic E-state index is 1.10. The predicted molar refractivity (Wildman–Crippen MR) is 162 cm³/mol. The lowest BCUT2D eigenvalue weighted by Crippen LogP contribution is -2.09. The summed E-state index contributed by atoms with van der Waals surface area (Å²) < 4.78 is 0. The average Bonchev–Trinajstić information content (AvgIpc) is 3.39. The minimum Gasteiger partial charge on any atom is -0.311 e. The van der Waals surface area contributed by atoms with Gasteiger partial charge in [-0.05, 0) is 65.1 Å². The third-order valence-electron chi connectivity index (χ3n) is 6.42. The van der Waals surface area contributed by atoms with E-state index in [1.165, 1.54) is 39.3 Å². The van der Waals surface area contributed by atoms with E-state index >= 15 is 0 Å². The topological polar surface area (TPSA) is 3.24 Å². The third-order valence-corrected chi connectivity index (χ3v) is 6.42. The molecular weight excluding hydrogens is 458 g/mol. The van der Waals surface area contributed by atoms with Gasteiger partial charge in [-0.2, -0.15) is 0 Å². The van der Waals surface area contributed by atoms with Crippen molar-refractivity contribution in [1.82, 2.24) is 0 Å². The molecule has 1 aliphatic carbocycles. The van der Waals surface area contributed by atoms with Gasteiger partial charge in [0.1, 0.15) is 0 Å². The van der Waals surface area contributed by atoms with Gasteiger partial charge in [-0.3, -0.25) is 0 Å². The van der Waals surface area contributed by atoms with Crippen molar-refractivity contribution in [2.24, 2.45) is 0 Å². The highest BCUT2D eigenvalue weighted by Gasteiger charge is 2.16. The lowest BCUT2D eigenvalue weighted by molar-refractivity contribution is 1.26. The van der Waals surface area contributed by atoms with E-state index in [1.54, 1.807) is 0 Å². The highest BCUT2D eigenvalue weighted by molar-refractivity contribution is 5.77. The highest BCUT2D eigenvalue weighted by atomic mass is 15.1. The van der Waals surface area contributed by atoms with Crippen molar-refractivity contribution in [2.45, 2.75) is 6.42 Å². The molecule has 6 aromatic carbocycles. The number of nitrogens with zero attached hydrogens (tertiary/aromatic N) is 1. The second-order valence-electron chi connectivity index (χ2n) is 8.99. The summed E-state index contributed by atoms with van der Waals surface area (Å²) in [5, 5.41) is 0. The van der Waals surface area contributed by atoms with E-state index in [1.807, 2.05) is 54.6 Å². The molecule has 0 radical (unpaired) electrons. The molecule has 0 saturated carbocycles. The summed E-state index contributed by atoms with van der Waals surface area (Å²) in [7, 11) is 0. The number of hydrogen-bond donors (Lipinski definition) is 0. The van der Waals surface area contributed by atoms with Crippen LogP contribution in [0.2, 0.25) is 0 Å². The molecule has 0 N–H and O–H groups in total. The van der Waals surface area contributed by atoms with Gasteiger partial charge in [-0.15, -0.1) is 0 Å². The summed E-state index contributed by atoms with van der Waals surface area (Å²) in [6.45, 7) is 0. The van der Waals surface area contributed by atoms with E-state index in [0.29, 0.717) is 0 Å². The van der Waals surface area contributed by atoms with Crippen LogP contribution in [0.3, 0.4) is 0 Å². The summed E-state index contributed by atoms with van der Waals surface area (Å²) in [4.78, 5) is 2.25.